The number of aliphatic hydroxyl groups is 1. The Balaban J connectivity index is 2.63. The number of halogens is 2. The molecule has 1 N–H and O–H groups in total. The Labute approximate surface area is 91.9 Å². The van der Waals surface area contributed by atoms with Crippen LogP contribution in [0.3, 0.4) is 0 Å². The van der Waals surface area contributed by atoms with Crippen LogP contribution < -0.4 is 0 Å². The first-order valence-corrected chi connectivity index (χ1v) is 5.38. The standard InChI is InChI=1S/C10H12BrClO/c1-7(13)2-3-8-4-5-10(12)9(11)6-8/h4-7,13H,2-3H2,1H3/t7-/m1/s1. The van der Waals surface area contributed by atoms with Crippen LogP contribution in [-0.4, -0.2) is 11.2 Å². The molecule has 0 aliphatic rings. The van der Waals surface area contributed by atoms with Gasteiger partial charge >= 0.3 is 0 Å². The third kappa shape index (κ3) is 3.67. The van der Waals surface area contributed by atoms with Gasteiger partial charge in [-0.25, -0.2) is 0 Å². The minimum absolute atomic E-state index is 0.241. The maximum Gasteiger partial charge on any atom is 0.0548 e. The number of aryl methyl sites for hydroxylation is 1. The topological polar surface area (TPSA) is 20.2 Å². The van der Waals surface area contributed by atoms with Crippen LogP contribution in [0.2, 0.25) is 5.02 Å². The summed E-state index contributed by atoms with van der Waals surface area (Å²) in [5, 5.41) is 9.82. The Kier molecular flexibility index (Phi) is 4.23. The highest BCUT2D eigenvalue weighted by molar-refractivity contribution is 9.10. The van der Waals surface area contributed by atoms with E-state index in [4.69, 9.17) is 16.7 Å². The summed E-state index contributed by atoms with van der Waals surface area (Å²) < 4.78 is 0.914. The fraction of sp³-hybridized carbons (Fsp3) is 0.400. The monoisotopic (exact) mass is 262 g/mol. The van der Waals surface area contributed by atoms with Gasteiger partial charge in [-0.1, -0.05) is 17.7 Å². The van der Waals surface area contributed by atoms with Gasteiger partial charge in [0.2, 0.25) is 0 Å². The van der Waals surface area contributed by atoms with E-state index in [-0.39, 0.29) is 6.10 Å². The summed E-state index contributed by atoms with van der Waals surface area (Å²) >= 11 is 9.21. The van der Waals surface area contributed by atoms with Crippen molar-refractivity contribution in [2.24, 2.45) is 0 Å². The third-order valence-corrected chi connectivity index (χ3v) is 3.05. The molecule has 0 amide bonds. The van der Waals surface area contributed by atoms with Crippen molar-refractivity contribution in [1.29, 1.82) is 0 Å². The van der Waals surface area contributed by atoms with E-state index >= 15 is 0 Å². The molecule has 0 spiro atoms. The Morgan fingerprint density at radius 1 is 1.54 bits per heavy atom. The van der Waals surface area contributed by atoms with Crippen LogP contribution in [0.1, 0.15) is 18.9 Å². The van der Waals surface area contributed by atoms with Crippen molar-refractivity contribution in [3.63, 3.8) is 0 Å². The summed E-state index contributed by atoms with van der Waals surface area (Å²) in [6, 6.07) is 5.84. The zero-order valence-corrected chi connectivity index (χ0v) is 9.77. The zero-order valence-electron chi connectivity index (χ0n) is 7.43. The molecule has 0 fully saturated rings. The number of benzene rings is 1. The molecular formula is C10H12BrClO. The molecule has 0 saturated heterocycles. The van der Waals surface area contributed by atoms with Crippen molar-refractivity contribution in [2.75, 3.05) is 0 Å². The lowest BCUT2D eigenvalue weighted by Crippen LogP contribution is -2.01. The first-order chi connectivity index (χ1) is 6.09. The van der Waals surface area contributed by atoms with E-state index in [0.717, 1.165) is 22.3 Å². The van der Waals surface area contributed by atoms with Gasteiger partial charge in [0.05, 0.1) is 11.1 Å². The number of rotatable bonds is 3. The summed E-state index contributed by atoms with van der Waals surface area (Å²) in [6.07, 6.45) is 1.43. The molecule has 0 aliphatic heterocycles. The second kappa shape index (κ2) is 4.99. The average Bonchev–Trinajstić information content (AvgIpc) is 2.07. The van der Waals surface area contributed by atoms with Crippen LogP contribution in [-0.2, 0) is 6.42 Å². The smallest absolute Gasteiger partial charge is 0.0548 e. The lowest BCUT2D eigenvalue weighted by atomic mass is 10.1. The van der Waals surface area contributed by atoms with Crippen LogP contribution in [0.15, 0.2) is 22.7 Å². The molecule has 3 heteroatoms. The molecule has 1 atom stereocenters. The third-order valence-electron chi connectivity index (χ3n) is 1.83. The van der Waals surface area contributed by atoms with Gasteiger partial charge in [-0.15, -0.1) is 0 Å². The van der Waals surface area contributed by atoms with Crippen LogP contribution in [0.5, 0.6) is 0 Å². The van der Waals surface area contributed by atoms with E-state index in [1.54, 1.807) is 6.92 Å². The van der Waals surface area contributed by atoms with Gasteiger partial charge in [0.15, 0.2) is 0 Å². The first kappa shape index (κ1) is 11.0. The maximum atomic E-state index is 9.10. The highest BCUT2D eigenvalue weighted by Gasteiger charge is 2.01. The van der Waals surface area contributed by atoms with E-state index < -0.39 is 0 Å². The molecule has 13 heavy (non-hydrogen) atoms. The quantitative estimate of drug-likeness (QED) is 0.886. The van der Waals surface area contributed by atoms with Gasteiger partial charge in [0.1, 0.15) is 0 Å². The second-order valence-electron chi connectivity index (χ2n) is 3.14. The molecule has 0 radical (unpaired) electrons. The van der Waals surface area contributed by atoms with Crippen LogP contribution >= 0.6 is 27.5 Å². The summed E-state index contributed by atoms with van der Waals surface area (Å²) in [7, 11) is 0. The number of hydrogen-bond donors (Lipinski definition) is 1. The average molecular weight is 264 g/mol. The molecule has 72 valence electrons. The molecule has 1 rings (SSSR count). The van der Waals surface area contributed by atoms with Crippen molar-refractivity contribution >= 4 is 27.5 Å². The van der Waals surface area contributed by atoms with Gasteiger partial charge in [-0.3, -0.25) is 0 Å². The van der Waals surface area contributed by atoms with Gasteiger partial charge in [-0.05, 0) is 53.4 Å². The molecule has 0 aromatic heterocycles. The van der Waals surface area contributed by atoms with Gasteiger partial charge in [0, 0.05) is 4.47 Å². The molecule has 1 nitrogen and oxygen atoms in total. The van der Waals surface area contributed by atoms with E-state index in [2.05, 4.69) is 15.9 Å². The lowest BCUT2D eigenvalue weighted by molar-refractivity contribution is 0.185. The maximum absolute atomic E-state index is 9.10. The van der Waals surface area contributed by atoms with Gasteiger partial charge < -0.3 is 5.11 Å². The Bertz CT molecular complexity index is 286. The van der Waals surface area contributed by atoms with E-state index in [0.29, 0.717) is 0 Å². The summed E-state index contributed by atoms with van der Waals surface area (Å²) in [5.74, 6) is 0. The highest BCUT2D eigenvalue weighted by Crippen LogP contribution is 2.23. The van der Waals surface area contributed by atoms with Crippen molar-refractivity contribution in [1.82, 2.24) is 0 Å². The predicted molar refractivity (Wildman–Crippen MR) is 59.2 cm³/mol. The number of hydrogen-bond acceptors (Lipinski definition) is 1. The van der Waals surface area contributed by atoms with Crippen molar-refractivity contribution in [3.05, 3.63) is 33.3 Å². The minimum atomic E-state index is -0.241. The molecular weight excluding hydrogens is 251 g/mol. The number of aliphatic hydroxyl groups excluding tert-OH is 1. The summed E-state index contributed by atoms with van der Waals surface area (Å²) in [6.45, 7) is 1.80. The highest BCUT2D eigenvalue weighted by atomic mass is 79.9. The molecule has 0 saturated carbocycles. The van der Waals surface area contributed by atoms with Crippen LogP contribution in [0.4, 0.5) is 0 Å². The summed E-state index contributed by atoms with van der Waals surface area (Å²) in [5.41, 5.74) is 1.19. The predicted octanol–water partition coefficient (Wildman–Crippen LogP) is 3.42. The first-order valence-electron chi connectivity index (χ1n) is 4.21. The van der Waals surface area contributed by atoms with Crippen molar-refractivity contribution in [2.45, 2.75) is 25.9 Å². The SMILES string of the molecule is C[C@@H](O)CCc1ccc(Cl)c(Br)c1. The molecule has 0 heterocycles. The molecule has 0 aliphatic carbocycles. The lowest BCUT2D eigenvalue weighted by Gasteiger charge is -2.05. The Hall–Kier alpha value is -0.0500. The molecule has 1 aromatic carbocycles. The molecule has 0 unspecified atom stereocenters. The molecule has 1 aromatic rings. The van der Waals surface area contributed by atoms with Crippen molar-refractivity contribution in [3.8, 4) is 0 Å². The minimum Gasteiger partial charge on any atom is -0.393 e. The van der Waals surface area contributed by atoms with E-state index in [1.165, 1.54) is 5.56 Å². The summed E-state index contributed by atoms with van der Waals surface area (Å²) in [4.78, 5) is 0. The van der Waals surface area contributed by atoms with Crippen molar-refractivity contribution < 1.29 is 5.11 Å². The fourth-order valence-corrected chi connectivity index (χ4v) is 1.61. The second-order valence-corrected chi connectivity index (χ2v) is 4.40. The Morgan fingerprint density at radius 2 is 2.23 bits per heavy atom. The van der Waals surface area contributed by atoms with Crippen LogP contribution in [0.25, 0.3) is 0 Å². The largest absolute Gasteiger partial charge is 0.393 e. The van der Waals surface area contributed by atoms with Gasteiger partial charge in [0.25, 0.3) is 0 Å². The Morgan fingerprint density at radius 3 is 2.77 bits per heavy atom. The van der Waals surface area contributed by atoms with Gasteiger partial charge in [-0.2, -0.15) is 0 Å². The normalized spacial score (nSPS) is 12.9. The van der Waals surface area contributed by atoms with Crippen LogP contribution in [0, 0.1) is 0 Å². The fourth-order valence-electron chi connectivity index (χ4n) is 1.07. The zero-order chi connectivity index (χ0) is 9.84. The van der Waals surface area contributed by atoms with E-state index in [1.807, 2.05) is 18.2 Å². The van der Waals surface area contributed by atoms with E-state index in [9.17, 15) is 0 Å². The molecule has 0 bridgehead atoms.